The first-order chi connectivity index (χ1) is 9.58. The highest BCUT2D eigenvalue weighted by Crippen LogP contribution is 2.16. The molecule has 1 unspecified atom stereocenters. The van der Waals surface area contributed by atoms with Crippen molar-refractivity contribution in [2.24, 2.45) is 5.73 Å². The Morgan fingerprint density at radius 2 is 2.25 bits per heavy atom. The molecule has 4 nitrogen and oxygen atoms in total. The molecular weight excluding hydrogens is 279 g/mol. The minimum atomic E-state index is -0.636. The molecule has 1 amide bonds. The van der Waals surface area contributed by atoms with Crippen molar-refractivity contribution in [3.05, 3.63) is 57.5 Å². The number of nitrogens with two attached hydrogens (primary N) is 1. The second-order valence-corrected chi connectivity index (χ2v) is 5.15. The Kier molecular flexibility index (Phi) is 4.84. The van der Waals surface area contributed by atoms with Crippen LogP contribution in [0.25, 0.3) is 0 Å². The smallest absolute Gasteiger partial charge is 0.248 e. The van der Waals surface area contributed by atoms with Crippen LogP contribution in [-0.2, 0) is 6.54 Å². The summed E-state index contributed by atoms with van der Waals surface area (Å²) in [5.41, 5.74) is 6.59. The molecule has 1 heterocycles. The summed E-state index contributed by atoms with van der Waals surface area (Å²) in [6.45, 7) is 0.519. The number of rotatable bonds is 6. The van der Waals surface area contributed by atoms with Gasteiger partial charge in [-0.15, -0.1) is 0 Å². The lowest BCUT2D eigenvalue weighted by molar-refractivity contribution is 0.1000. The highest BCUT2D eigenvalue weighted by atomic mass is 32.1. The van der Waals surface area contributed by atoms with Crippen molar-refractivity contribution in [1.29, 1.82) is 0 Å². The number of amides is 1. The number of aliphatic hydroxyl groups excluding tert-OH is 1. The Labute approximate surface area is 120 Å². The van der Waals surface area contributed by atoms with Crippen LogP contribution < -0.4 is 11.1 Å². The predicted molar refractivity (Wildman–Crippen MR) is 75.9 cm³/mol. The molecule has 0 spiro atoms. The second kappa shape index (κ2) is 6.60. The number of nitrogens with one attached hydrogen (secondary N) is 1. The lowest BCUT2D eigenvalue weighted by Gasteiger charge is -2.11. The van der Waals surface area contributed by atoms with E-state index in [4.69, 9.17) is 5.73 Å². The summed E-state index contributed by atoms with van der Waals surface area (Å²) in [7, 11) is 0. The van der Waals surface area contributed by atoms with Crippen LogP contribution in [0.3, 0.4) is 0 Å². The average Bonchev–Trinajstić information content (AvgIpc) is 2.94. The molecule has 0 saturated carbocycles. The normalized spacial score (nSPS) is 12.3. The summed E-state index contributed by atoms with van der Waals surface area (Å²) >= 11 is 1.51. The van der Waals surface area contributed by atoms with E-state index in [1.807, 2.05) is 16.8 Å². The van der Waals surface area contributed by atoms with E-state index >= 15 is 0 Å². The highest BCUT2D eigenvalue weighted by molar-refractivity contribution is 7.07. The first-order valence-corrected chi connectivity index (χ1v) is 7.01. The van der Waals surface area contributed by atoms with Crippen molar-refractivity contribution in [3.8, 4) is 0 Å². The zero-order valence-electron chi connectivity index (χ0n) is 10.7. The van der Waals surface area contributed by atoms with E-state index in [0.717, 1.165) is 5.56 Å². The van der Waals surface area contributed by atoms with E-state index in [2.05, 4.69) is 5.32 Å². The van der Waals surface area contributed by atoms with Crippen molar-refractivity contribution in [3.63, 3.8) is 0 Å². The van der Waals surface area contributed by atoms with Gasteiger partial charge in [0.25, 0.3) is 0 Å². The summed E-state index contributed by atoms with van der Waals surface area (Å²) in [6, 6.07) is 5.82. The largest absolute Gasteiger partial charge is 0.387 e. The minimum absolute atomic E-state index is 0.216. The molecule has 0 aliphatic rings. The molecule has 0 aliphatic carbocycles. The Hall–Kier alpha value is -1.76. The van der Waals surface area contributed by atoms with Crippen molar-refractivity contribution in [2.75, 3.05) is 6.54 Å². The molecule has 0 saturated heterocycles. The van der Waals surface area contributed by atoms with Crippen LogP contribution in [0.4, 0.5) is 4.39 Å². The lowest BCUT2D eigenvalue weighted by Crippen LogP contribution is -2.22. The van der Waals surface area contributed by atoms with Gasteiger partial charge in [0.2, 0.25) is 5.91 Å². The summed E-state index contributed by atoms with van der Waals surface area (Å²) < 4.78 is 13.6. The number of aliphatic hydroxyl groups is 1. The van der Waals surface area contributed by atoms with Gasteiger partial charge in [0, 0.05) is 24.2 Å². The van der Waals surface area contributed by atoms with Crippen LogP contribution in [0.5, 0.6) is 0 Å². The third kappa shape index (κ3) is 3.63. The fraction of sp³-hybridized carbons (Fsp3) is 0.214. The van der Waals surface area contributed by atoms with Crippen molar-refractivity contribution < 1.29 is 14.3 Å². The molecule has 1 aromatic carbocycles. The molecule has 0 fully saturated rings. The maximum Gasteiger partial charge on any atom is 0.248 e. The molecular formula is C14H15FN2O2S. The van der Waals surface area contributed by atoms with E-state index in [9.17, 15) is 14.3 Å². The summed E-state index contributed by atoms with van der Waals surface area (Å²) in [5.74, 6) is -1.00. The quantitative estimate of drug-likeness (QED) is 0.760. The predicted octanol–water partition coefficient (Wildman–Crippen LogP) is 1.81. The summed E-state index contributed by atoms with van der Waals surface area (Å²) in [6.07, 6.45) is -0.636. The van der Waals surface area contributed by atoms with E-state index in [-0.39, 0.29) is 12.1 Å². The van der Waals surface area contributed by atoms with Crippen LogP contribution >= 0.6 is 11.3 Å². The number of benzene rings is 1. The van der Waals surface area contributed by atoms with Gasteiger partial charge < -0.3 is 16.2 Å². The van der Waals surface area contributed by atoms with Gasteiger partial charge in [-0.05, 0) is 40.6 Å². The van der Waals surface area contributed by atoms with Gasteiger partial charge in [0.1, 0.15) is 5.82 Å². The number of primary amides is 1. The standard InChI is InChI=1S/C14H15FN2O2S/c15-12-2-1-9(14(16)19)5-11(12)6-17-7-13(18)10-3-4-20-8-10/h1-5,8,13,17-18H,6-7H2,(H2,16,19). The molecule has 0 bridgehead atoms. The molecule has 0 aliphatic heterocycles. The zero-order chi connectivity index (χ0) is 14.5. The second-order valence-electron chi connectivity index (χ2n) is 4.37. The molecule has 4 N–H and O–H groups in total. The van der Waals surface area contributed by atoms with Crippen LogP contribution in [0.15, 0.2) is 35.0 Å². The minimum Gasteiger partial charge on any atom is -0.387 e. The maximum absolute atomic E-state index is 13.6. The Morgan fingerprint density at radius 3 is 2.90 bits per heavy atom. The molecule has 20 heavy (non-hydrogen) atoms. The fourth-order valence-corrected chi connectivity index (χ4v) is 2.50. The number of hydrogen-bond acceptors (Lipinski definition) is 4. The third-order valence-corrected chi connectivity index (χ3v) is 3.61. The average molecular weight is 294 g/mol. The molecule has 6 heteroatoms. The number of halogens is 1. The number of thiophene rings is 1. The van der Waals surface area contributed by atoms with Gasteiger partial charge in [-0.25, -0.2) is 4.39 Å². The number of hydrogen-bond donors (Lipinski definition) is 3. The van der Waals surface area contributed by atoms with Crippen LogP contribution in [0.1, 0.15) is 27.6 Å². The van der Waals surface area contributed by atoms with E-state index in [1.165, 1.54) is 29.5 Å². The van der Waals surface area contributed by atoms with Gasteiger partial charge >= 0.3 is 0 Å². The van der Waals surface area contributed by atoms with Crippen LogP contribution in [0, 0.1) is 5.82 Å². The molecule has 0 radical (unpaired) electrons. The number of carbonyl (C=O) groups is 1. The maximum atomic E-state index is 13.6. The molecule has 1 aromatic heterocycles. The Morgan fingerprint density at radius 1 is 1.45 bits per heavy atom. The van der Waals surface area contributed by atoms with Crippen molar-refractivity contribution >= 4 is 17.2 Å². The molecule has 1 atom stereocenters. The van der Waals surface area contributed by atoms with E-state index < -0.39 is 17.8 Å². The van der Waals surface area contributed by atoms with Gasteiger partial charge in [-0.2, -0.15) is 11.3 Å². The van der Waals surface area contributed by atoms with Crippen LogP contribution in [0.2, 0.25) is 0 Å². The van der Waals surface area contributed by atoms with Crippen LogP contribution in [-0.4, -0.2) is 17.6 Å². The lowest BCUT2D eigenvalue weighted by atomic mass is 10.1. The molecule has 106 valence electrons. The van der Waals surface area contributed by atoms with E-state index in [0.29, 0.717) is 12.1 Å². The van der Waals surface area contributed by atoms with Gasteiger partial charge in [-0.3, -0.25) is 4.79 Å². The highest BCUT2D eigenvalue weighted by Gasteiger charge is 2.10. The molecule has 2 rings (SSSR count). The topological polar surface area (TPSA) is 75.4 Å². The van der Waals surface area contributed by atoms with Gasteiger partial charge in [0.05, 0.1) is 6.10 Å². The van der Waals surface area contributed by atoms with Gasteiger partial charge in [-0.1, -0.05) is 0 Å². The number of carbonyl (C=O) groups excluding carboxylic acids is 1. The Balaban J connectivity index is 1.94. The monoisotopic (exact) mass is 294 g/mol. The summed E-state index contributed by atoms with van der Waals surface area (Å²) in [4.78, 5) is 11.0. The van der Waals surface area contributed by atoms with Crippen molar-refractivity contribution in [1.82, 2.24) is 5.32 Å². The summed E-state index contributed by atoms with van der Waals surface area (Å²) in [5, 5.41) is 16.6. The van der Waals surface area contributed by atoms with Gasteiger partial charge in [0.15, 0.2) is 0 Å². The van der Waals surface area contributed by atoms with E-state index in [1.54, 1.807) is 0 Å². The third-order valence-electron chi connectivity index (χ3n) is 2.91. The SMILES string of the molecule is NC(=O)c1ccc(F)c(CNCC(O)c2ccsc2)c1. The fourth-order valence-electron chi connectivity index (χ4n) is 1.79. The van der Waals surface area contributed by atoms with Crippen molar-refractivity contribution in [2.45, 2.75) is 12.6 Å². The first kappa shape index (κ1) is 14.6. The molecule has 2 aromatic rings. The first-order valence-electron chi connectivity index (χ1n) is 6.07. The zero-order valence-corrected chi connectivity index (χ0v) is 11.5. The Bertz CT molecular complexity index is 587.